The zero-order valence-corrected chi connectivity index (χ0v) is 19.9. The Kier molecular flexibility index (Phi) is 6.66. The second-order valence-corrected chi connectivity index (χ2v) is 8.62. The maximum Gasteiger partial charge on any atom is 0.228 e. The smallest absolute Gasteiger partial charge is 0.228 e. The van der Waals surface area contributed by atoms with E-state index >= 15 is 0 Å². The fraction of sp³-hybridized carbons (Fsp3) is 0.0333. The first-order valence-electron chi connectivity index (χ1n) is 11.6. The van der Waals surface area contributed by atoms with E-state index < -0.39 is 17.5 Å². The lowest BCUT2D eigenvalue weighted by molar-refractivity contribution is -0.119. The molecule has 0 unspecified atom stereocenters. The number of phenols is 1. The van der Waals surface area contributed by atoms with Crippen molar-refractivity contribution in [3.05, 3.63) is 119 Å². The molecular formula is C30H20F2N4O2. The van der Waals surface area contributed by atoms with Gasteiger partial charge < -0.3 is 15.4 Å². The summed E-state index contributed by atoms with van der Waals surface area (Å²) in [6.07, 6.45) is 4.64. The van der Waals surface area contributed by atoms with Crippen LogP contribution >= 0.6 is 0 Å². The van der Waals surface area contributed by atoms with E-state index in [1.807, 2.05) is 0 Å². The van der Waals surface area contributed by atoms with Crippen molar-refractivity contribution >= 4 is 28.6 Å². The quantitative estimate of drug-likeness (QED) is 0.265. The highest BCUT2D eigenvalue weighted by molar-refractivity contribution is 5.97. The van der Waals surface area contributed by atoms with E-state index in [0.29, 0.717) is 33.3 Å². The van der Waals surface area contributed by atoms with E-state index in [-0.39, 0.29) is 23.4 Å². The summed E-state index contributed by atoms with van der Waals surface area (Å²) >= 11 is 0. The van der Waals surface area contributed by atoms with E-state index in [1.54, 1.807) is 67.0 Å². The van der Waals surface area contributed by atoms with Gasteiger partial charge in [-0.15, -0.1) is 0 Å². The third-order valence-electron chi connectivity index (χ3n) is 5.94. The molecule has 0 saturated carbocycles. The molecule has 0 aliphatic rings. The van der Waals surface area contributed by atoms with Crippen LogP contribution in [-0.4, -0.2) is 21.0 Å². The summed E-state index contributed by atoms with van der Waals surface area (Å²) in [4.78, 5) is 20.8. The topological polar surface area (TPSA) is 102 Å². The molecule has 186 valence electrons. The molecule has 0 atom stereocenters. The lowest BCUT2D eigenvalue weighted by Gasteiger charge is -2.14. The van der Waals surface area contributed by atoms with E-state index in [1.165, 1.54) is 6.08 Å². The van der Waals surface area contributed by atoms with Crippen LogP contribution in [0.1, 0.15) is 22.4 Å². The highest BCUT2D eigenvalue weighted by atomic mass is 19.1. The zero-order valence-electron chi connectivity index (χ0n) is 19.9. The number of hydrogen-bond acceptors (Lipinski definition) is 4. The van der Waals surface area contributed by atoms with Crippen LogP contribution in [0.4, 0.5) is 8.78 Å². The number of amides is 1. The molecule has 5 aromatic rings. The fourth-order valence-electron chi connectivity index (χ4n) is 4.28. The van der Waals surface area contributed by atoms with Gasteiger partial charge in [0, 0.05) is 34.9 Å². The number of hydrogen-bond donors (Lipinski definition) is 3. The van der Waals surface area contributed by atoms with Gasteiger partial charge in [0.15, 0.2) is 0 Å². The summed E-state index contributed by atoms with van der Waals surface area (Å²) in [7, 11) is 0. The number of halogens is 2. The average molecular weight is 507 g/mol. The van der Waals surface area contributed by atoms with E-state index in [0.717, 1.165) is 23.7 Å². The van der Waals surface area contributed by atoms with E-state index in [2.05, 4.69) is 21.4 Å². The van der Waals surface area contributed by atoms with Crippen LogP contribution in [0.5, 0.6) is 5.75 Å². The highest BCUT2D eigenvalue weighted by Crippen LogP contribution is 2.29. The molecule has 5 rings (SSSR count). The number of nitrogens with zero attached hydrogens (tertiary/aromatic N) is 2. The molecule has 0 aliphatic heterocycles. The van der Waals surface area contributed by atoms with Crippen molar-refractivity contribution in [1.29, 1.82) is 5.26 Å². The number of benzene rings is 3. The number of aromatic nitrogens is 2. The van der Waals surface area contributed by atoms with Crippen LogP contribution in [0, 0.1) is 23.0 Å². The largest absolute Gasteiger partial charge is 0.508 e. The van der Waals surface area contributed by atoms with Crippen LogP contribution < -0.4 is 5.32 Å². The standard InChI is InChI=1S/C30H20F2N4O2/c31-22-10-19(11-23(32)14-22)12-28(30-25(5-2-8-34-30)20-4-1-3-18(9-20)16-33)36-29(38)13-21-17-35-27-7-6-24(37)15-26(21)27/h1-12,14-15,17,35,37H,13H2,(H,36,38)/b28-12-. The van der Waals surface area contributed by atoms with Crippen molar-refractivity contribution in [2.45, 2.75) is 6.42 Å². The number of aromatic amines is 1. The van der Waals surface area contributed by atoms with Gasteiger partial charge in [0.1, 0.15) is 17.4 Å². The number of pyridine rings is 1. The molecule has 0 spiro atoms. The van der Waals surface area contributed by atoms with Gasteiger partial charge in [-0.3, -0.25) is 9.78 Å². The maximum absolute atomic E-state index is 14.0. The molecule has 8 heteroatoms. The van der Waals surface area contributed by atoms with Gasteiger partial charge in [0.2, 0.25) is 5.91 Å². The van der Waals surface area contributed by atoms with Crippen molar-refractivity contribution in [3.8, 4) is 22.9 Å². The van der Waals surface area contributed by atoms with Gasteiger partial charge in [-0.2, -0.15) is 5.26 Å². The number of aromatic hydroxyl groups is 1. The van der Waals surface area contributed by atoms with Crippen LogP contribution in [-0.2, 0) is 11.2 Å². The van der Waals surface area contributed by atoms with E-state index in [9.17, 15) is 23.9 Å². The summed E-state index contributed by atoms with van der Waals surface area (Å²) in [5, 5.41) is 22.8. The summed E-state index contributed by atoms with van der Waals surface area (Å²) in [6.45, 7) is 0. The molecular weight excluding hydrogens is 486 g/mol. The molecule has 0 saturated heterocycles. The van der Waals surface area contributed by atoms with Gasteiger partial charge in [0.25, 0.3) is 0 Å². The average Bonchev–Trinajstić information content (AvgIpc) is 3.29. The minimum atomic E-state index is -0.761. The molecule has 2 aromatic heterocycles. The number of phenolic OH excluding ortho intramolecular Hbond substituents is 1. The second kappa shape index (κ2) is 10.4. The number of H-pyrrole nitrogens is 1. The van der Waals surface area contributed by atoms with Gasteiger partial charge in [-0.1, -0.05) is 18.2 Å². The van der Waals surface area contributed by atoms with E-state index in [4.69, 9.17) is 0 Å². The molecule has 3 aromatic carbocycles. The molecule has 38 heavy (non-hydrogen) atoms. The summed E-state index contributed by atoms with van der Waals surface area (Å²) in [5.41, 5.74) is 3.94. The van der Waals surface area contributed by atoms with Crippen LogP contribution in [0.3, 0.4) is 0 Å². The Hall–Kier alpha value is -5.29. The first-order valence-corrected chi connectivity index (χ1v) is 11.6. The molecule has 0 bridgehead atoms. The molecule has 2 heterocycles. The van der Waals surface area contributed by atoms with Crippen molar-refractivity contribution in [2.75, 3.05) is 0 Å². The number of nitrogens with one attached hydrogen (secondary N) is 2. The SMILES string of the molecule is N#Cc1cccc(-c2cccnc2/C(=C/c2cc(F)cc(F)c2)NC(=O)Cc2c[nH]c3ccc(O)cc23)c1. The first kappa shape index (κ1) is 24.4. The zero-order chi connectivity index (χ0) is 26.6. The van der Waals surface area contributed by atoms with Gasteiger partial charge in [0.05, 0.1) is 29.4 Å². The Balaban J connectivity index is 1.57. The number of fused-ring (bicyclic) bond motifs is 1. The number of carbonyl (C=O) groups excluding carboxylic acids is 1. The van der Waals surface area contributed by atoms with Crippen molar-refractivity contribution in [1.82, 2.24) is 15.3 Å². The number of carbonyl (C=O) groups is 1. The Morgan fingerprint density at radius 2 is 1.87 bits per heavy atom. The van der Waals surface area contributed by atoms with Gasteiger partial charge in [-0.05, 0) is 71.3 Å². The van der Waals surface area contributed by atoms with Gasteiger partial charge in [-0.25, -0.2) is 8.78 Å². The number of rotatable bonds is 6. The highest BCUT2D eigenvalue weighted by Gasteiger charge is 2.17. The molecule has 1 amide bonds. The Bertz CT molecular complexity index is 1730. The minimum absolute atomic E-state index is 0.0373. The van der Waals surface area contributed by atoms with Crippen molar-refractivity contribution in [2.24, 2.45) is 0 Å². The summed E-state index contributed by atoms with van der Waals surface area (Å²) in [5.74, 6) is -1.85. The van der Waals surface area contributed by atoms with Crippen LogP contribution in [0.2, 0.25) is 0 Å². The summed E-state index contributed by atoms with van der Waals surface area (Å²) in [6, 6.07) is 20.4. The number of nitriles is 1. The third-order valence-corrected chi connectivity index (χ3v) is 5.94. The lowest BCUT2D eigenvalue weighted by atomic mass is 9.99. The lowest BCUT2D eigenvalue weighted by Crippen LogP contribution is -2.24. The predicted molar refractivity (Wildman–Crippen MR) is 140 cm³/mol. The van der Waals surface area contributed by atoms with Crippen LogP contribution in [0.25, 0.3) is 33.8 Å². The predicted octanol–water partition coefficient (Wildman–Crippen LogP) is 5.94. The minimum Gasteiger partial charge on any atom is -0.508 e. The molecule has 0 radical (unpaired) electrons. The summed E-state index contributed by atoms with van der Waals surface area (Å²) < 4.78 is 28.0. The molecule has 0 fully saturated rings. The third kappa shape index (κ3) is 5.27. The first-order chi connectivity index (χ1) is 18.4. The second-order valence-electron chi connectivity index (χ2n) is 8.62. The molecule has 6 nitrogen and oxygen atoms in total. The molecule has 3 N–H and O–H groups in total. The maximum atomic E-state index is 14.0. The van der Waals surface area contributed by atoms with Crippen molar-refractivity contribution < 1.29 is 18.7 Å². The van der Waals surface area contributed by atoms with Crippen molar-refractivity contribution in [3.63, 3.8) is 0 Å². The molecule has 0 aliphatic carbocycles. The monoisotopic (exact) mass is 506 g/mol. The Morgan fingerprint density at radius 1 is 1.05 bits per heavy atom. The normalized spacial score (nSPS) is 11.3. The Labute approximate surface area is 216 Å². The van der Waals surface area contributed by atoms with Gasteiger partial charge >= 0.3 is 0 Å². The fourth-order valence-corrected chi connectivity index (χ4v) is 4.28. The Morgan fingerprint density at radius 3 is 2.66 bits per heavy atom. The van der Waals surface area contributed by atoms with Crippen LogP contribution in [0.15, 0.2) is 85.2 Å².